The van der Waals surface area contributed by atoms with Crippen LogP contribution in [-0.4, -0.2) is 50.2 Å². The van der Waals surface area contributed by atoms with Gasteiger partial charge < -0.3 is 14.7 Å². The molecule has 0 radical (unpaired) electrons. The van der Waals surface area contributed by atoms with Crippen molar-refractivity contribution < 1.29 is 19.4 Å². The smallest absolute Gasteiger partial charge is 0.341 e. The molecule has 0 amide bonds. The lowest BCUT2D eigenvalue weighted by Gasteiger charge is -1.90. The van der Waals surface area contributed by atoms with Crippen LogP contribution < -0.4 is 0 Å². The van der Waals surface area contributed by atoms with Crippen molar-refractivity contribution in [1.82, 2.24) is 4.90 Å². The Hall–Kier alpha value is -1.10. The van der Waals surface area contributed by atoms with Gasteiger partial charge in [-0.05, 0) is 21.1 Å². The SMILES string of the molecule is CN(C)C.O=COCC(=O)O. The maximum absolute atomic E-state index is 9.47. The van der Waals surface area contributed by atoms with Gasteiger partial charge in [-0.25, -0.2) is 4.79 Å². The Balaban J connectivity index is 0. The van der Waals surface area contributed by atoms with E-state index in [-0.39, 0.29) is 6.47 Å². The van der Waals surface area contributed by atoms with Crippen molar-refractivity contribution in [3.05, 3.63) is 0 Å². The van der Waals surface area contributed by atoms with Crippen LogP contribution in [-0.2, 0) is 14.3 Å². The fourth-order valence-corrected chi connectivity index (χ4v) is 0.105. The van der Waals surface area contributed by atoms with Gasteiger partial charge in [0.05, 0.1) is 0 Å². The quantitative estimate of drug-likeness (QED) is 0.564. The summed E-state index contributed by atoms with van der Waals surface area (Å²) in [6.07, 6.45) is 0. The summed E-state index contributed by atoms with van der Waals surface area (Å²) in [7, 11) is 6.00. The highest BCUT2D eigenvalue weighted by Crippen LogP contribution is 1.63. The van der Waals surface area contributed by atoms with E-state index in [4.69, 9.17) is 5.11 Å². The molecule has 0 aliphatic rings. The fourth-order valence-electron chi connectivity index (χ4n) is 0.105. The molecule has 5 heteroatoms. The molecule has 5 nitrogen and oxygen atoms in total. The number of carbonyl (C=O) groups is 2. The average Bonchev–Trinajstić information content (AvgIpc) is 1.82. The second-order valence-electron chi connectivity index (χ2n) is 2.14. The van der Waals surface area contributed by atoms with Crippen LogP contribution in [0.15, 0.2) is 0 Å². The van der Waals surface area contributed by atoms with E-state index in [2.05, 4.69) is 4.74 Å². The number of hydrogen-bond acceptors (Lipinski definition) is 4. The predicted molar refractivity (Wildman–Crippen MR) is 39.3 cm³/mol. The number of carboxylic acids is 1. The molecule has 0 saturated heterocycles. The van der Waals surface area contributed by atoms with Crippen molar-refractivity contribution in [2.45, 2.75) is 0 Å². The Kier molecular flexibility index (Phi) is 10.2. The lowest BCUT2D eigenvalue weighted by Crippen LogP contribution is -2.04. The minimum absolute atomic E-state index is 0.0914. The summed E-state index contributed by atoms with van der Waals surface area (Å²) in [6, 6.07) is 0. The third kappa shape index (κ3) is 50.4. The summed E-state index contributed by atoms with van der Waals surface area (Å²) >= 11 is 0. The van der Waals surface area contributed by atoms with Gasteiger partial charge in [0.1, 0.15) is 0 Å². The van der Waals surface area contributed by atoms with Crippen molar-refractivity contribution >= 4 is 12.4 Å². The molecular formula is C6H13NO4. The summed E-state index contributed by atoms with van der Waals surface area (Å²) in [6.45, 7) is -0.461. The fraction of sp³-hybridized carbons (Fsp3) is 0.667. The van der Waals surface area contributed by atoms with Crippen LogP contribution >= 0.6 is 0 Å². The normalized spacial score (nSPS) is 8.00. The Morgan fingerprint density at radius 1 is 1.55 bits per heavy atom. The molecule has 0 saturated carbocycles. The molecule has 0 aliphatic carbocycles. The van der Waals surface area contributed by atoms with E-state index in [0.717, 1.165) is 0 Å². The van der Waals surface area contributed by atoms with Gasteiger partial charge >= 0.3 is 5.97 Å². The third-order valence-corrected chi connectivity index (χ3v) is 0.275. The molecule has 66 valence electrons. The van der Waals surface area contributed by atoms with Crippen LogP contribution in [0.5, 0.6) is 0 Å². The van der Waals surface area contributed by atoms with E-state index in [1.54, 1.807) is 0 Å². The monoisotopic (exact) mass is 163 g/mol. The maximum atomic E-state index is 9.47. The van der Waals surface area contributed by atoms with Crippen LogP contribution in [0.4, 0.5) is 0 Å². The molecule has 0 atom stereocenters. The zero-order chi connectivity index (χ0) is 9.28. The van der Waals surface area contributed by atoms with Gasteiger partial charge in [0.25, 0.3) is 6.47 Å². The first-order chi connectivity index (χ1) is 5.00. The molecule has 0 spiro atoms. The van der Waals surface area contributed by atoms with E-state index in [1.807, 2.05) is 26.0 Å². The van der Waals surface area contributed by atoms with Crippen LogP contribution in [0.3, 0.4) is 0 Å². The minimum atomic E-state index is -1.15. The standard InChI is InChI=1S/C3H9N.C3H4O4/c1-4(2)3;4-2-7-1-3(5)6/h1-3H3;2H,1H2,(H,5,6). The van der Waals surface area contributed by atoms with Gasteiger partial charge in [0, 0.05) is 0 Å². The van der Waals surface area contributed by atoms with Crippen LogP contribution in [0, 0.1) is 0 Å². The second-order valence-corrected chi connectivity index (χ2v) is 2.14. The van der Waals surface area contributed by atoms with Crippen LogP contribution in [0.25, 0.3) is 0 Å². The summed E-state index contributed by atoms with van der Waals surface area (Å²) in [5.74, 6) is -1.15. The van der Waals surface area contributed by atoms with E-state index in [9.17, 15) is 9.59 Å². The van der Waals surface area contributed by atoms with E-state index < -0.39 is 12.6 Å². The van der Waals surface area contributed by atoms with Gasteiger partial charge in [-0.15, -0.1) is 0 Å². The number of carboxylic acid groups (broad SMARTS) is 1. The Morgan fingerprint density at radius 3 is 2.00 bits per heavy atom. The summed E-state index contributed by atoms with van der Waals surface area (Å²) in [5, 5.41) is 7.76. The van der Waals surface area contributed by atoms with Crippen molar-refractivity contribution in [2.75, 3.05) is 27.7 Å². The Morgan fingerprint density at radius 2 is 1.91 bits per heavy atom. The lowest BCUT2D eigenvalue weighted by molar-refractivity contribution is -0.147. The second kappa shape index (κ2) is 8.90. The molecule has 11 heavy (non-hydrogen) atoms. The lowest BCUT2D eigenvalue weighted by atomic mass is 10.8. The number of ether oxygens (including phenoxy) is 1. The minimum Gasteiger partial charge on any atom is -0.479 e. The van der Waals surface area contributed by atoms with Crippen molar-refractivity contribution in [1.29, 1.82) is 0 Å². The number of carbonyl (C=O) groups excluding carboxylic acids is 1. The van der Waals surface area contributed by atoms with Crippen molar-refractivity contribution in [3.63, 3.8) is 0 Å². The number of aliphatic carboxylic acids is 1. The van der Waals surface area contributed by atoms with Crippen molar-refractivity contribution in [2.24, 2.45) is 0 Å². The first-order valence-corrected chi connectivity index (χ1v) is 2.88. The molecule has 0 heterocycles. The van der Waals surface area contributed by atoms with Crippen molar-refractivity contribution in [3.8, 4) is 0 Å². The Bertz CT molecular complexity index is 110. The van der Waals surface area contributed by atoms with Gasteiger partial charge in [-0.1, -0.05) is 0 Å². The van der Waals surface area contributed by atoms with E-state index >= 15 is 0 Å². The summed E-state index contributed by atoms with van der Waals surface area (Å²) in [4.78, 5) is 20.7. The average molecular weight is 163 g/mol. The zero-order valence-electron chi connectivity index (χ0n) is 6.90. The summed E-state index contributed by atoms with van der Waals surface area (Å²) in [5.41, 5.74) is 0. The van der Waals surface area contributed by atoms with Crippen LogP contribution in [0.1, 0.15) is 0 Å². The third-order valence-electron chi connectivity index (χ3n) is 0.275. The largest absolute Gasteiger partial charge is 0.479 e. The zero-order valence-corrected chi connectivity index (χ0v) is 6.90. The topological polar surface area (TPSA) is 66.8 Å². The molecule has 0 bridgehead atoms. The highest BCUT2D eigenvalue weighted by atomic mass is 16.5. The van der Waals surface area contributed by atoms with E-state index in [1.165, 1.54) is 0 Å². The van der Waals surface area contributed by atoms with Gasteiger partial charge in [-0.2, -0.15) is 0 Å². The number of hydrogen-bond donors (Lipinski definition) is 1. The first-order valence-electron chi connectivity index (χ1n) is 2.88. The van der Waals surface area contributed by atoms with Crippen LogP contribution in [0.2, 0.25) is 0 Å². The molecule has 0 aliphatic heterocycles. The highest BCUT2D eigenvalue weighted by molar-refractivity contribution is 5.69. The van der Waals surface area contributed by atoms with Gasteiger partial charge in [0.15, 0.2) is 6.61 Å². The van der Waals surface area contributed by atoms with Gasteiger partial charge in [-0.3, -0.25) is 4.79 Å². The molecule has 0 unspecified atom stereocenters. The molecule has 1 N–H and O–H groups in total. The molecule has 0 rings (SSSR count). The molecule has 0 aromatic carbocycles. The molecule has 0 aromatic rings. The molecule has 0 fully saturated rings. The highest BCUT2D eigenvalue weighted by Gasteiger charge is 1.90. The van der Waals surface area contributed by atoms with Gasteiger partial charge in [0.2, 0.25) is 0 Å². The predicted octanol–water partition coefficient (Wildman–Crippen LogP) is -0.578. The molecule has 0 aromatic heterocycles. The van der Waals surface area contributed by atoms with E-state index in [0.29, 0.717) is 0 Å². The number of nitrogens with zero attached hydrogens (tertiary/aromatic N) is 1. The number of rotatable bonds is 3. The first kappa shape index (κ1) is 12.6. The molecular weight excluding hydrogens is 150 g/mol. The summed E-state index contributed by atoms with van der Waals surface area (Å²) < 4.78 is 3.81. The maximum Gasteiger partial charge on any atom is 0.341 e. The Labute approximate surface area is 65.6 Å².